The molecular formula is C16H20N6OS. The molecule has 3 rings (SSSR count). The van der Waals surface area contributed by atoms with Crippen LogP contribution < -0.4 is 0 Å². The van der Waals surface area contributed by atoms with Gasteiger partial charge in [0.05, 0.1) is 11.4 Å². The van der Waals surface area contributed by atoms with Gasteiger partial charge in [-0.3, -0.25) is 0 Å². The predicted octanol–water partition coefficient (Wildman–Crippen LogP) is 3.15. The maximum Gasteiger partial charge on any atom is 0.226 e. The first-order chi connectivity index (χ1) is 11.5. The second-order valence-electron chi connectivity index (χ2n) is 6.21. The smallest absolute Gasteiger partial charge is 0.226 e. The summed E-state index contributed by atoms with van der Waals surface area (Å²) in [5, 5.41) is 16.7. The molecule has 0 amide bonds. The fraction of sp³-hybridized carbons (Fsp3) is 0.438. The first kappa shape index (κ1) is 16.6. The number of hydrogen-bond acceptors (Lipinski definition) is 7. The van der Waals surface area contributed by atoms with Crippen LogP contribution in [0.25, 0.3) is 5.69 Å². The second-order valence-corrected chi connectivity index (χ2v) is 7.15. The number of hydrogen-bond donors (Lipinski definition) is 0. The van der Waals surface area contributed by atoms with Crippen LogP contribution in [0, 0.1) is 19.8 Å². The lowest BCUT2D eigenvalue weighted by Crippen LogP contribution is -2.00. The van der Waals surface area contributed by atoms with Crippen molar-refractivity contribution in [3.8, 4) is 5.69 Å². The fourth-order valence-corrected chi connectivity index (χ4v) is 3.15. The molecule has 0 unspecified atom stereocenters. The zero-order valence-electron chi connectivity index (χ0n) is 14.2. The van der Waals surface area contributed by atoms with Crippen molar-refractivity contribution in [2.24, 2.45) is 5.92 Å². The molecule has 0 radical (unpaired) electrons. The third kappa shape index (κ3) is 4.00. The fourth-order valence-electron chi connectivity index (χ4n) is 2.41. The number of aromatic nitrogens is 6. The van der Waals surface area contributed by atoms with Crippen molar-refractivity contribution in [3.63, 3.8) is 0 Å². The molecule has 7 nitrogen and oxygen atoms in total. The molecule has 0 aliphatic heterocycles. The maximum absolute atomic E-state index is 5.26. The van der Waals surface area contributed by atoms with E-state index in [2.05, 4.69) is 71.6 Å². The Kier molecular flexibility index (Phi) is 4.94. The quantitative estimate of drug-likeness (QED) is 0.635. The monoisotopic (exact) mass is 344 g/mol. The number of rotatable bonds is 6. The highest BCUT2D eigenvalue weighted by molar-refractivity contribution is 7.98. The van der Waals surface area contributed by atoms with Crippen molar-refractivity contribution in [2.45, 2.75) is 45.0 Å². The molecule has 8 heteroatoms. The lowest BCUT2D eigenvalue weighted by atomic mass is 10.1. The predicted molar refractivity (Wildman–Crippen MR) is 91.0 cm³/mol. The number of tetrazole rings is 1. The molecule has 0 fully saturated rings. The van der Waals surface area contributed by atoms with Gasteiger partial charge in [-0.05, 0) is 53.5 Å². The molecule has 126 valence electrons. The maximum atomic E-state index is 5.26. The molecule has 3 aromatic rings. The van der Waals surface area contributed by atoms with Crippen molar-refractivity contribution in [3.05, 3.63) is 41.0 Å². The Morgan fingerprint density at radius 3 is 2.62 bits per heavy atom. The molecule has 0 atom stereocenters. The minimum absolute atomic E-state index is 0.489. The van der Waals surface area contributed by atoms with Crippen LogP contribution in [0.1, 0.15) is 36.7 Å². The SMILES string of the molecule is Cc1cc(C)cc(-n2nnnc2SCc2noc(CC(C)C)n2)c1. The molecule has 0 bridgehead atoms. The van der Waals surface area contributed by atoms with E-state index in [9.17, 15) is 0 Å². The Labute approximate surface area is 144 Å². The van der Waals surface area contributed by atoms with E-state index in [1.54, 1.807) is 4.68 Å². The highest BCUT2D eigenvalue weighted by Crippen LogP contribution is 2.22. The van der Waals surface area contributed by atoms with Crippen LogP contribution >= 0.6 is 11.8 Å². The topological polar surface area (TPSA) is 82.5 Å². The molecule has 0 saturated carbocycles. The van der Waals surface area contributed by atoms with E-state index in [1.807, 2.05) is 0 Å². The first-order valence-corrected chi connectivity index (χ1v) is 8.81. The Morgan fingerprint density at radius 1 is 1.17 bits per heavy atom. The minimum Gasteiger partial charge on any atom is -0.339 e. The van der Waals surface area contributed by atoms with Gasteiger partial charge >= 0.3 is 0 Å². The molecular weight excluding hydrogens is 324 g/mol. The van der Waals surface area contributed by atoms with Gasteiger partial charge in [0, 0.05) is 6.42 Å². The van der Waals surface area contributed by atoms with Crippen LogP contribution in [-0.2, 0) is 12.2 Å². The Balaban J connectivity index is 1.73. The van der Waals surface area contributed by atoms with Gasteiger partial charge in [-0.25, -0.2) is 0 Å². The first-order valence-electron chi connectivity index (χ1n) is 7.82. The third-order valence-corrected chi connectivity index (χ3v) is 4.23. The summed E-state index contributed by atoms with van der Waals surface area (Å²) in [5.74, 6) is 2.38. The van der Waals surface area contributed by atoms with Gasteiger partial charge < -0.3 is 4.52 Å². The zero-order valence-corrected chi connectivity index (χ0v) is 15.0. The average molecular weight is 344 g/mol. The molecule has 0 N–H and O–H groups in total. The summed E-state index contributed by atoms with van der Waals surface area (Å²) in [6.07, 6.45) is 0.790. The summed E-state index contributed by atoms with van der Waals surface area (Å²) >= 11 is 1.49. The Bertz CT molecular complexity index is 805. The van der Waals surface area contributed by atoms with Crippen LogP contribution in [0.15, 0.2) is 27.9 Å². The van der Waals surface area contributed by atoms with Gasteiger partial charge in [0.2, 0.25) is 11.0 Å². The average Bonchev–Trinajstić information content (AvgIpc) is 3.12. The van der Waals surface area contributed by atoms with Gasteiger partial charge in [0.15, 0.2) is 5.82 Å². The Morgan fingerprint density at radius 2 is 1.92 bits per heavy atom. The van der Waals surface area contributed by atoms with Crippen LogP contribution in [0.2, 0.25) is 0 Å². The normalized spacial score (nSPS) is 11.4. The number of aryl methyl sites for hydroxylation is 2. The highest BCUT2D eigenvalue weighted by Gasteiger charge is 2.13. The lowest BCUT2D eigenvalue weighted by Gasteiger charge is -2.06. The lowest BCUT2D eigenvalue weighted by molar-refractivity contribution is 0.360. The summed E-state index contributed by atoms with van der Waals surface area (Å²) in [6, 6.07) is 6.24. The summed E-state index contributed by atoms with van der Waals surface area (Å²) in [6.45, 7) is 8.36. The molecule has 0 aliphatic rings. The van der Waals surface area contributed by atoms with E-state index in [0.717, 1.165) is 12.1 Å². The molecule has 2 heterocycles. The third-order valence-electron chi connectivity index (χ3n) is 3.32. The van der Waals surface area contributed by atoms with Crippen LogP contribution in [0.4, 0.5) is 0 Å². The molecule has 0 spiro atoms. The zero-order chi connectivity index (χ0) is 17.1. The summed E-state index contributed by atoms with van der Waals surface area (Å²) in [5.41, 5.74) is 3.30. The summed E-state index contributed by atoms with van der Waals surface area (Å²) in [4.78, 5) is 4.40. The number of benzene rings is 1. The summed E-state index contributed by atoms with van der Waals surface area (Å²) in [7, 11) is 0. The van der Waals surface area contributed by atoms with Crippen LogP contribution in [-0.4, -0.2) is 30.3 Å². The van der Waals surface area contributed by atoms with Gasteiger partial charge in [-0.1, -0.05) is 36.8 Å². The minimum atomic E-state index is 0.489. The van der Waals surface area contributed by atoms with E-state index in [1.165, 1.54) is 22.9 Å². The van der Waals surface area contributed by atoms with E-state index in [0.29, 0.717) is 28.5 Å². The van der Waals surface area contributed by atoms with E-state index >= 15 is 0 Å². The van der Waals surface area contributed by atoms with E-state index in [4.69, 9.17) is 4.52 Å². The largest absolute Gasteiger partial charge is 0.339 e. The van der Waals surface area contributed by atoms with Gasteiger partial charge in [0.25, 0.3) is 0 Å². The van der Waals surface area contributed by atoms with Crippen molar-refractivity contribution in [2.75, 3.05) is 0 Å². The molecule has 0 saturated heterocycles. The van der Waals surface area contributed by atoms with Crippen molar-refractivity contribution < 1.29 is 4.52 Å². The van der Waals surface area contributed by atoms with Crippen molar-refractivity contribution in [1.82, 2.24) is 30.3 Å². The van der Waals surface area contributed by atoms with Crippen LogP contribution in [0.5, 0.6) is 0 Å². The standard InChI is InChI=1S/C16H20N6OS/c1-10(2)5-15-17-14(19-23-15)9-24-16-18-20-21-22(16)13-7-11(3)6-12(4)8-13/h6-8,10H,5,9H2,1-4H3. The number of thioether (sulfide) groups is 1. The molecule has 0 aliphatic carbocycles. The highest BCUT2D eigenvalue weighted by atomic mass is 32.2. The van der Waals surface area contributed by atoms with E-state index in [-0.39, 0.29) is 0 Å². The van der Waals surface area contributed by atoms with Crippen LogP contribution in [0.3, 0.4) is 0 Å². The summed E-state index contributed by atoms with van der Waals surface area (Å²) < 4.78 is 6.99. The second kappa shape index (κ2) is 7.12. The van der Waals surface area contributed by atoms with Gasteiger partial charge in [-0.2, -0.15) is 9.67 Å². The molecule has 2 aromatic heterocycles. The number of nitrogens with zero attached hydrogens (tertiary/aromatic N) is 6. The Hall–Kier alpha value is -2.22. The van der Waals surface area contributed by atoms with E-state index < -0.39 is 0 Å². The van der Waals surface area contributed by atoms with Gasteiger partial charge in [0.1, 0.15) is 0 Å². The molecule has 24 heavy (non-hydrogen) atoms. The van der Waals surface area contributed by atoms with Crippen molar-refractivity contribution >= 4 is 11.8 Å². The molecule has 1 aromatic carbocycles. The van der Waals surface area contributed by atoms with Gasteiger partial charge in [-0.15, -0.1) is 5.10 Å². The van der Waals surface area contributed by atoms with Crippen molar-refractivity contribution in [1.29, 1.82) is 0 Å².